The van der Waals surface area contributed by atoms with Crippen molar-refractivity contribution >= 4 is 21.8 Å². The lowest BCUT2D eigenvalue weighted by Gasteiger charge is -2.33. The zero-order chi connectivity index (χ0) is 26.3. The summed E-state index contributed by atoms with van der Waals surface area (Å²) < 4.78 is 62.1. The van der Waals surface area contributed by atoms with Crippen LogP contribution in [-0.4, -0.2) is 9.97 Å². The topological polar surface area (TPSA) is 25.8 Å². The summed E-state index contributed by atoms with van der Waals surface area (Å²) in [7, 11) is 0. The van der Waals surface area contributed by atoms with E-state index in [2.05, 4.69) is 9.97 Å². The van der Waals surface area contributed by atoms with Gasteiger partial charge >= 0.3 is 0 Å². The second-order valence-corrected chi connectivity index (χ2v) is 9.92. The Hall–Kier alpha value is -3.28. The molecule has 6 heteroatoms. The van der Waals surface area contributed by atoms with Crippen LogP contribution in [0.2, 0.25) is 0 Å². The van der Waals surface area contributed by atoms with Crippen LogP contribution in [0.1, 0.15) is 64.2 Å². The molecule has 188 valence electrons. The van der Waals surface area contributed by atoms with Gasteiger partial charge in [0.15, 0.2) is 23.3 Å². The van der Waals surface area contributed by atoms with Crippen LogP contribution in [0.5, 0.6) is 0 Å². The predicted molar refractivity (Wildman–Crippen MR) is 137 cm³/mol. The largest absolute Gasteiger partial charge is 0.254 e. The maximum absolute atomic E-state index is 15.6. The maximum Gasteiger partial charge on any atom is 0.166 e. The van der Waals surface area contributed by atoms with E-state index in [1.807, 2.05) is 30.3 Å². The molecule has 4 rings (SSSR count). The Morgan fingerprint density at radius 1 is 0.806 bits per heavy atom. The summed E-state index contributed by atoms with van der Waals surface area (Å²) in [5.74, 6) is -5.33. The molecule has 0 saturated carbocycles. The van der Waals surface area contributed by atoms with Crippen LogP contribution in [0.3, 0.4) is 0 Å². The summed E-state index contributed by atoms with van der Waals surface area (Å²) in [6.07, 6.45) is 7.24. The lowest BCUT2D eigenvalue weighted by atomic mass is 9.72. The number of halogens is 4. The third-order valence-corrected chi connectivity index (χ3v) is 7.56. The van der Waals surface area contributed by atoms with E-state index in [0.29, 0.717) is 5.56 Å². The molecule has 2 nitrogen and oxygen atoms in total. The van der Waals surface area contributed by atoms with E-state index < -0.39 is 45.2 Å². The highest BCUT2D eigenvalue weighted by atomic mass is 19.2. The first kappa shape index (κ1) is 25.8. The molecular weight excluding hydrogens is 464 g/mol. The summed E-state index contributed by atoms with van der Waals surface area (Å²) in [6.45, 7) is 8.39. The van der Waals surface area contributed by atoms with Crippen molar-refractivity contribution in [3.05, 3.63) is 94.8 Å². The Bertz CT molecular complexity index is 1450. The van der Waals surface area contributed by atoms with Gasteiger partial charge in [0.05, 0.1) is 11.0 Å². The normalized spacial score (nSPS) is 15.5. The molecule has 0 spiro atoms. The van der Waals surface area contributed by atoms with Gasteiger partial charge in [-0.1, -0.05) is 58.0 Å². The van der Waals surface area contributed by atoms with Crippen molar-refractivity contribution < 1.29 is 17.6 Å². The van der Waals surface area contributed by atoms with Crippen molar-refractivity contribution in [3.63, 3.8) is 0 Å². The molecule has 0 fully saturated rings. The molecular formula is C30H30F4N2. The number of nitrogens with zero attached hydrogens (tertiary/aromatic N) is 2. The first-order chi connectivity index (χ1) is 17.1. The van der Waals surface area contributed by atoms with Gasteiger partial charge in [-0.05, 0) is 43.9 Å². The Morgan fingerprint density at radius 2 is 1.42 bits per heavy atom. The van der Waals surface area contributed by atoms with E-state index in [-0.39, 0.29) is 19.3 Å². The average molecular weight is 495 g/mol. The van der Waals surface area contributed by atoms with Gasteiger partial charge in [0.2, 0.25) is 0 Å². The van der Waals surface area contributed by atoms with Gasteiger partial charge in [-0.15, -0.1) is 0 Å². The fourth-order valence-corrected chi connectivity index (χ4v) is 5.13. The number of fused-ring (bicyclic) bond motifs is 3. The molecule has 2 aromatic carbocycles. The molecule has 0 aliphatic carbocycles. The molecule has 0 amide bonds. The number of benzene rings is 2. The molecule has 4 aromatic rings. The Morgan fingerprint density at radius 3 is 2.03 bits per heavy atom. The third kappa shape index (κ3) is 4.16. The lowest BCUT2D eigenvalue weighted by molar-refractivity contribution is 0.347. The van der Waals surface area contributed by atoms with Crippen LogP contribution in [0.15, 0.2) is 54.9 Å². The van der Waals surface area contributed by atoms with Gasteiger partial charge in [0.1, 0.15) is 0 Å². The average Bonchev–Trinajstić information content (AvgIpc) is 2.87. The van der Waals surface area contributed by atoms with Crippen molar-refractivity contribution in [1.82, 2.24) is 9.97 Å². The minimum Gasteiger partial charge on any atom is -0.254 e. The fourth-order valence-electron chi connectivity index (χ4n) is 5.13. The van der Waals surface area contributed by atoms with Crippen molar-refractivity contribution in [2.45, 2.75) is 64.7 Å². The molecule has 0 aliphatic rings. The SMILES string of the molecule is C/C=C\C(C)(CC)c1c(F)c(F)c(C(C)(CC)Cc2cnc3c(ccc4cccnc43)c2)c(F)c1F. The van der Waals surface area contributed by atoms with Gasteiger partial charge in [-0.2, -0.15) is 0 Å². The van der Waals surface area contributed by atoms with E-state index in [4.69, 9.17) is 0 Å². The molecule has 0 radical (unpaired) electrons. The molecule has 2 aromatic heterocycles. The van der Waals surface area contributed by atoms with E-state index in [0.717, 1.165) is 21.8 Å². The van der Waals surface area contributed by atoms with Gasteiger partial charge in [0.25, 0.3) is 0 Å². The van der Waals surface area contributed by atoms with Crippen molar-refractivity contribution in [1.29, 1.82) is 0 Å². The van der Waals surface area contributed by atoms with Crippen LogP contribution in [0, 0.1) is 23.3 Å². The Kier molecular flexibility index (Phi) is 6.91. The number of aromatic nitrogens is 2. The van der Waals surface area contributed by atoms with Gasteiger partial charge in [0, 0.05) is 45.1 Å². The zero-order valence-electron chi connectivity index (χ0n) is 21.2. The van der Waals surface area contributed by atoms with Crippen LogP contribution in [0.25, 0.3) is 21.8 Å². The molecule has 36 heavy (non-hydrogen) atoms. The summed E-state index contributed by atoms with van der Waals surface area (Å²) in [4.78, 5) is 8.99. The van der Waals surface area contributed by atoms with Crippen molar-refractivity contribution in [3.8, 4) is 0 Å². The Balaban J connectivity index is 1.83. The summed E-state index contributed by atoms with van der Waals surface area (Å²) in [5, 5.41) is 1.78. The second kappa shape index (κ2) is 9.64. The van der Waals surface area contributed by atoms with Crippen LogP contribution in [-0.2, 0) is 17.3 Å². The quantitative estimate of drug-likeness (QED) is 0.111. The van der Waals surface area contributed by atoms with E-state index in [1.54, 1.807) is 59.2 Å². The number of rotatable bonds is 7. The van der Waals surface area contributed by atoms with E-state index >= 15 is 17.6 Å². The maximum atomic E-state index is 15.6. The molecule has 2 unspecified atom stereocenters. The van der Waals surface area contributed by atoms with Crippen molar-refractivity contribution in [2.24, 2.45) is 0 Å². The first-order valence-electron chi connectivity index (χ1n) is 12.2. The molecule has 0 aliphatic heterocycles. The Labute approximate surface area is 209 Å². The molecule has 2 heterocycles. The number of hydrogen-bond donors (Lipinski definition) is 0. The number of pyridine rings is 2. The standard InChI is InChI=1S/C30H30F4N2/c1-6-13-29(4,7-2)21-23(31)25(33)22(26(34)24(21)32)30(5,8-3)16-18-15-20-12-11-19-10-9-14-35-27(19)28(20)36-17-18/h6,9-15,17H,7-8,16H2,1-5H3/b13-6-. The summed E-state index contributed by atoms with van der Waals surface area (Å²) in [6, 6.07) is 9.54. The summed E-state index contributed by atoms with van der Waals surface area (Å²) >= 11 is 0. The van der Waals surface area contributed by atoms with Gasteiger partial charge in [-0.3, -0.25) is 9.97 Å². The minimum absolute atomic E-state index is 0.151. The summed E-state index contributed by atoms with van der Waals surface area (Å²) in [5.41, 5.74) is -1.34. The van der Waals surface area contributed by atoms with Crippen molar-refractivity contribution in [2.75, 3.05) is 0 Å². The number of hydrogen-bond acceptors (Lipinski definition) is 2. The minimum atomic E-state index is -1.33. The molecule has 0 bridgehead atoms. The van der Waals surface area contributed by atoms with Crippen LogP contribution >= 0.6 is 0 Å². The molecule has 0 saturated heterocycles. The van der Waals surface area contributed by atoms with Crippen LogP contribution in [0.4, 0.5) is 17.6 Å². The van der Waals surface area contributed by atoms with Crippen LogP contribution < -0.4 is 0 Å². The highest BCUT2D eigenvalue weighted by Gasteiger charge is 2.40. The van der Waals surface area contributed by atoms with E-state index in [1.165, 1.54) is 0 Å². The highest BCUT2D eigenvalue weighted by Crippen LogP contribution is 2.42. The highest BCUT2D eigenvalue weighted by molar-refractivity contribution is 6.02. The fraction of sp³-hybridized carbons (Fsp3) is 0.333. The van der Waals surface area contributed by atoms with E-state index in [9.17, 15) is 0 Å². The molecule has 2 atom stereocenters. The number of allylic oxidation sites excluding steroid dienone is 2. The smallest absolute Gasteiger partial charge is 0.166 e. The lowest BCUT2D eigenvalue weighted by Crippen LogP contribution is -2.31. The van der Waals surface area contributed by atoms with Gasteiger partial charge < -0.3 is 0 Å². The second-order valence-electron chi connectivity index (χ2n) is 9.92. The monoisotopic (exact) mass is 494 g/mol. The third-order valence-electron chi connectivity index (χ3n) is 7.56. The molecule has 0 N–H and O–H groups in total. The first-order valence-corrected chi connectivity index (χ1v) is 12.2. The predicted octanol–water partition coefficient (Wildman–Crippen LogP) is 8.49. The van der Waals surface area contributed by atoms with Gasteiger partial charge in [-0.25, -0.2) is 17.6 Å². The zero-order valence-corrected chi connectivity index (χ0v) is 21.2.